The lowest BCUT2D eigenvalue weighted by Gasteiger charge is -2.28. The summed E-state index contributed by atoms with van der Waals surface area (Å²) in [6.07, 6.45) is 34.4. The number of aliphatic hydroxyl groups is 2. The van der Waals surface area contributed by atoms with Gasteiger partial charge in [0.1, 0.15) is 19.3 Å². The smallest absolute Gasteiger partial charge is 0.390 e. The first kappa shape index (κ1) is 47.2. The van der Waals surface area contributed by atoms with E-state index in [1.807, 2.05) is 28.1 Å². The molecule has 4 unspecified atom stereocenters. The van der Waals surface area contributed by atoms with Crippen molar-refractivity contribution < 1.29 is 38.0 Å². The van der Waals surface area contributed by atoms with Gasteiger partial charge in [-0.25, -0.2) is 4.57 Å². The molecule has 10 heteroatoms. The summed E-state index contributed by atoms with van der Waals surface area (Å²) in [5, 5.41) is 24.5. The van der Waals surface area contributed by atoms with E-state index >= 15 is 0 Å². The number of nitrogens with one attached hydrogen (secondary N) is 1. The average molecular weight is 712 g/mol. The molecular weight excluding hydrogens is 639 g/mol. The third-order valence-electron chi connectivity index (χ3n) is 7.86. The summed E-state index contributed by atoms with van der Waals surface area (Å²) in [7, 11) is 1.38. The maximum atomic E-state index is 12.8. The molecule has 284 valence electrons. The number of likely N-dealkylation sites (N-methyl/N-ethyl adjacent to an activating group) is 1. The quantitative estimate of drug-likeness (QED) is 0.0239. The number of nitrogens with zero attached hydrogens (tertiary/aromatic N) is 1. The van der Waals surface area contributed by atoms with E-state index in [4.69, 9.17) is 9.05 Å². The number of carbonyl (C=O) groups is 1. The number of unbranched alkanes of at least 4 members (excludes halogenated alkanes) is 9. The summed E-state index contributed by atoms with van der Waals surface area (Å²) >= 11 is 0. The zero-order chi connectivity index (χ0) is 36.6. The lowest BCUT2D eigenvalue weighted by Crippen LogP contribution is -2.51. The highest BCUT2D eigenvalue weighted by Crippen LogP contribution is 2.43. The van der Waals surface area contributed by atoms with Gasteiger partial charge >= 0.3 is 7.82 Å². The molecule has 0 aliphatic carbocycles. The number of quaternary nitrogens is 1. The Morgan fingerprint density at radius 1 is 0.755 bits per heavy atom. The molecule has 0 aliphatic heterocycles. The first-order chi connectivity index (χ1) is 23.4. The molecular formula is C39H72N2O7P+. The van der Waals surface area contributed by atoms with Gasteiger partial charge in [0.2, 0.25) is 5.91 Å². The molecule has 1 amide bonds. The number of hydrogen-bond donors (Lipinski definition) is 4. The summed E-state index contributed by atoms with van der Waals surface area (Å²) in [6, 6.07) is -1.07. The number of aliphatic hydroxyl groups excluding tert-OH is 2. The van der Waals surface area contributed by atoms with Crippen LogP contribution in [-0.4, -0.2) is 84.6 Å². The largest absolute Gasteiger partial charge is 0.472 e. The van der Waals surface area contributed by atoms with Crippen molar-refractivity contribution in [2.75, 3.05) is 40.9 Å². The molecule has 9 nitrogen and oxygen atoms in total. The molecule has 0 saturated heterocycles. The van der Waals surface area contributed by atoms with Crippen molar-refractivity contribution in [1.29, 1.82) is 0 Å². The molecule has 0 aromatic rings. The Morgan fingerprint density at radius 2 is 1.31 bits per heavy atom. The van der Waals surface area contributed by atoms with E-state index in [2.05, 4.69) is 73.0 Å². The highest BCUT2D eigenvalue weighted by Gasteiger charge is 2.31. The molecule has 4 atom stereocenters. The molecule has 0 spiro atoms. The lowest BCUT2D eigenvalue weighted by molar-refractivity contribution is -0.870. The van der Waals surface area contributed by atoms with Gasteiger partial charge in [-0.05, 0) is 84.0 Å². The topological polar surface area (TPSA) is 125 Å². The van der Waals surface area contributed by atoms with Crippen molar-refractivity contribution in [3.63, 3.8) is 0 Å². The fourth-order valence-corrected chi connectivity index (χ4v) is 5.54. The van der Waals surface area contributed by atoms with Gasteiger partial charge in [0.25, 0.3) is 0 Å². The number of rotatable bonds is 32. The van der Waals surface area contributed by atoms with E-state index in [9.17, 15) is 24.5 Å². The summed E-state index contributed by atoms with van der Waals surface area (Å²) in [5.41, 5.74) is 0. The van der Waals surface area contributed by atoms with E-state index in [1.54, 1.807) is 0 Å². The predicted molar refractivity (Wildman–Crippen MR) is 204 cm³/mol. The Balaban J connectivity index is 4.75. The van der Waals surface area contributed by atoms with Crippen LogP contribution in [0.3, 0.4) is 0 Å². The maximum Gasteiger partial charge on any atom is 0.472 e. The number of hydrogen-bond acceptors (Lipinski definition) is 6. The summed E-state index contributed by atoms with van der Waals surface area (Å²) in [5.74, 6) is -0.295. The van der Waals surface area contributed by atoms with Gasteiger partial charge in [0.15, 0.2) is 0 Å². The van der Waals surface area contributed by atoms with Crippen LogP contribution in [0.2, 0.25) is 0 Å². The van der Waals surface area contributed by atoms with Crippen LogP contribution in [-0.2, 0) is 18.4 Å². The second-order valence-corrected chi connectivity index (χ2v) is 15.2. The van der Waals surface area contributed by atoms with Crippen LogP contribution in [0, 0.1) is 0 Å². The molecule has 0 bridgehead atoms. The number of allylic oxidation sites excluding steroid dienone is 10. The molecule has 0 aromatic carbocycles. The third-order valence-corrected chi connectivity index (χ3v) is 8.85. The number of phosphoric ester groups is 1. The normalized spacial score (nSPS) is 16.0. The Kier molecular flexibility index (Phi) is 29.8. The van der Waals surface area contributed by atoms with Crippen LogP contribution < -0.4 is 5.32 Å². The highest BCUT2D eigenvalue weighted by atomic mass is 31.2. The molecule has 0 saturated carbocycles. The standard InChI is InChI=1S/C39H71N2O7P/c1-6-8-10-12-14-16-18-20-22-24-26-28-30-32-38(43)40-36(35-48-49(45,46)47-34-33-41(3,4)5)39(44)37(42)31-29-27-25-23-21-19-17-15-13-11-9-7-2/h7,9-10,12,15-18,23,25,36-37,39,42,44H,6,8,11,13-14,19-22,24,26-35H2,1-5H3,(H-,40,43,45,46)/p+1/b9-7+,12-10-,17-15+,18-16-,25-23+. The van der Waals surface area contributed by atoms with Gasteiger partial charge in [-0.1, -0.05) is 93.4 Å². The third kappa shape index (κ3) is 31.9. The van der Waals surface area contributed by atoms with Crippen LogP contribution >= 0.6 is 7.82 Å². The highest BCUT2D eigenvalue weighted by molar-refractivity contribution is 7.47. The van der Waals surface area contributed by atoms with E-state index in [0.717, 1.165) is 77.0 Å². The molecule has 0 radical (unpaired) electrons. The zero-order valence-corrected chi connectivity index (χ0v) is 32.4. The lowest BCUT2D eigenvalue weighted by atomic mass is 10.0. The predicted octanol–water partition coefficient (Wildman–Crippen LogP) is 8.49. The van der Waals surface area contributed by atoms with Crippen molar-refractivity contribution in [1.82, 2.24) is 5.32 Å². The Labute approximate surface area is 299 Å². The summed E-state index contributed by atoms with van der Waals surface area (Å²) < 4.78 is 23.3. The second-order valence-electron chi connectivity index (χ2n) is 13.7. The fraction of sp³-hybridized carbons (Fsp3) is 0.718. The molecule has 0 rings (SSSR count). The molecule has 0 heterocycles. The van der Waals surface area contributed by atoms with Crippen LogP contribution in [0.5, 0.6) is 0 Å². The molecule has 4 N–H and O–H groups in total. The van der Waals surface area contributed by atoms with E-state index in [0.29, 0.717) is 30.3 Å². The van der Waals surface area contributed by atoms with Crippen LogP contribution in [0.4, 0.5) is 0 Å². The van der Waals surface area contributed by atoms with Gasteiger partial charge in [0, 0.05) is 6.42 Å². The Bertz CT molecular complexity index is 1000. The first-order valence-electron chi connectivity index (χ1n) is 18.7. The minimum atomic E-state index is -4.43. The van der Waals surface area contributed by atoms with Crippen LogP contribution in [0.15, 0.2) is 60.8 Å². The van der Waals surface area contributed by atoms with Crippen molar-refractivity contribution in [3.05, 3.63) is 60.8 Å². The molecule has 49 heavy (non-hydrogen) atoms. The zero-order valence-electron chi connectivity index (χ0n) is 31.5. The Morgan fingerprint density at radius 3 is 1.94 bits per heavy atom. The Hall–Kier alpha value is -1.84. The summed E-state index contributed by atoms with van der Waals surface area (Å²) in [4.78, 5) is 23.0. The van der Waals surface area contributed by atoms with E-state index in [1.165, 1.54) is 6.42 Å². The average Bonchev–Trinajstić information content (AvgIpc) is 3.04. The molecule has 0 aliphatic rings. The maximum absolute atomic E-state index is 12.8. The van der Waals surface area contributed by atoms with Crippen molar-refractivity contribution >= 4 is 13.7 Å². The summed E-state index contributed by atoms with van der Waals surface area (Å²) in [6.45, 7) is 4.24. The SMILES string of the molecule is C/C=C/CC/C=C/CC/C=C/CCCC(O)C(O)C(COP(=O)(O)OCC[N+](C)(C)C)NC(=O)CCCCCCC/C=C\C/C=C\CCC. The van der Waals surface area contributed by atoms with E-state index < -0.39 is 32.7 Å². The second kappa shape index (κ2) is 30.9. The monoisotopic (exact) mass is 712 g/mol. The fourth-order valence-electron chi connectivity index (χ4n) is 4.80. The van der Waals surface area contributed by atoms with Gasteiger partial charge in [0.05, 0.1) is 39.9 Å². The molecule has 0 aromatic heterocycles. The minimum absolute atomic E-state index is 0.00647. The van der Waals surface area contributed by atoms with Gasteiger partial charge < -0.3 is 24.9 Å². The van der Waals surface area contributed by atoms with Crippen molar-refractivity contribution in [2.45, 2.75) is 141 Å². The number of carbonyl (C=O) groups excluding carboxylic acids is 1. The molecule has 0 fully saturated rings. The van der Waals surface area contributed by atoms with Gasteiger partial charge in [-0.2, -0.15) is 0 Å². The van der Waals surface area contributed by atoms with Gasteiger partial charge in [-0.3, -0.25) is 13.8 Å². The first-order valence-corrected chi connectivity index (χ1v) is 20.2. The van der Waals surface area contributed by atoms with Crippen molar-refractivity contribution in [3.8, 4) is 0 Å². The van der Waals surface area contributed by atoms with Crippen LogP contribution in [0.1, 0.15) is 123 Å². The van der Waals surface area contributed by atoms with Crippen molar-refractivity contribution in [2.24, 2.45) is 0 Å². The number of phosphoric acid groups is 1. The van der Waals surface area contributed by atoms with Crippen LogP contribution in [0.25, 0.3) is 0 Å². The minimum Gasteiger partial charge on any atom is -0.390 e. The van der Waals surface area contributed by atoms with Gasteiger partial charge in [-0.15, -0.1) is 0 Å². The van der Waals surface area contributed by atoms with E-state index in [-0.39, 0.29) is 18.9 Å². The number of amides is 1.